The van der Waals surface area contributed by atoms with Crippen molar-refractivity contribution in [2.24, 2.45) is 5.73 Å². The van der Waals surface area contributed by atoms with Crippen LogP contribution >= 0.6 is 23.2 Å². The number of rotatable bonds is 8. The third-order valence-corrected chi connectivity index (χ3v) is 3.23. The minimum atomic E-state index is -0.0744. The first kappa shape index (κ1) is 16.5. The Morgan fingerprint density at radius 3 is 2.58 bits per heavy atom. The molecule has 0 saturated carbocycles. The average Bonchev–Trinajstić information content (AvgIpc) is 2.35. The Balaban J connectivity index is 2.52. The molecule has 0 bridgehead atoms. The zero-order valence-electron chi connectivity index (χ0n) is 11.1. The molecule has 0 saturated heterocycles. The van der Waals surface area contributed by atoms with E-state index in [1.54, 1.807) is 0 Å². The van der Waals surface area contributed by atoms with Crippen LogP contribution in [0.4, 0.5) is 0 Å². The second-order valence-electron chi connectivity index (χ2n) is 4.39. The van der Waals surface area contributed by atoms with Crippen molar-refractivity contribution < 1.29 is 4.74 Å². The van der Waals surface area contributed by atoms with Crippen LogP contribution in [0.25, 0.3) is 0 Å². The van der Waals surface area contributed by atoms with E-state index in [-0.39, 0.29) is 6.04 Å². The van der Waals surface area contributed by atoms with Crippen molar-refractivity contribution in [3.8, 4) is 0 Å². The highest BCUT2D eigenvalue weighted by molar-refractivity contribution is 6.36. The molecule has 1 atom stereocenters. The quantitative estimate of drug-likeness (QED) is 0.573. The molecule has 19 heavy (non-hydrogen) atoms. The Morgan fingerprint density at radius 2 is 2.05 bits per heavy atom. The Kier molecular flexibility index (Phi) is 7.42. The standard InChI is InChI=1S/C14H20Cl2N2O/c1-10(2)9-19-7-6-18-13(8-17)14-11(15)4-3-5-12(14)16/h3-5,13,18H,1,6-9,17H2,2H3. The van der Waals surface area contributed by atoms with Gasteiger partial charge >= 0.3 is 0 Å². The molecule has 0 aromatic heterocycles. The molecule has 0 aliphatic heterocycles. The summed E-state index contributed by atoms with van der Waals surface area (Å²) in [6.45, 7) is 7.96. The molecular formula is C14H20Cl2N2O. The highest BCUT2D eigenvalue weighted by atomic mass is 35.5. The van der Waals surface area contributed by atoms with Crippen LogP contribution in [-0.4, -0.2) is 26.3 Å². The van der Waals surface area contributed by atoms with E-state index in [1.807, 2.05) is 25.1 Å². The monoisotopic (exact) mass is 302 g/mol. The highest BCUT2D eigenvalue weighted by Gasteiger charge is 2.15. The molecule has 1 aromatic carbocycles. The molecule has 0 fully saturated rings. The van der Waals surface area contributed by atoms with E-state index in [9.17, 15) is 0 Å². The number of hydrogen-bond acceptors (Lipinski definition) is 3. The molecule has 5 heteroatoms. The van der Waals surface area contributed by atoms with Gasteiger partial charge in [-0.1, -0.05) is 41.4 Å². The van der Waals surface area contributed by atoms with Gasteiger partial charge in [-0.05, 0) is 19.1 Å². The summed E-state index contributed by atoms with van der Waals surface area (Å²) < 4.78 is 5.42. The normalized spacial score (nSPS) is 12.4. The fourth-order valence-corrected chi connectivity index (χ4v) is 2.36. The molecule has 0 radical (unpaired) electrons. The largest absolute Gasteiger partial charge is 0.376 e. The summed E-state index contributed by atoms with van der Waals surface area (Å²) in [4.78, 5) is 0. The Morgan fingerprint density at radius 1 is 1.42 bits per heavy atom. The van der Waals surface area contributed by atoms with Gasteiger partial charge in [0.05, 0.1) is 13.2 Å². The maximum Gasteiger partial charge on any atom is 0.0672 e. The first-order valence-corrected chi connectivity index (χ1v) is 6.91. The zero-order valence-corrected chi connectivity index (χ0v) is 12.6. The van der Waals surface area contributed by atoms with Crippen molar-refractivity contribution in [3.05, 3.63) is 46.0 Å². The number of ether oxygens (including phenoxy) is 1. The van der Waals surface area contributed by atoms with Crippen LogP contribution in [0.1, 0.15) is 18.5 Å². The van der Waals surface area contributed by atoms with Crippen LogP contribution in [0.3, 0.4) is 0 Å². The maximum atomic E-state index is 6.16. The number of benzene rings is 1. The first-order valence-electron chi connectivity index (χ1n) is 6.15. The molecular weight excluding hydrogens is 283 g/mol. The van der Waals surface area contributed by atoms with Crippen molar-refractivity contribution in [1.29, 1.82) is 0 Å². The molecule has 3 nitrogen and oxygen atoms in total. The van der Waals surface area contributed by atoms with Gasteiger partial charge in [0.15, 0.2) is 0 Å². The second-order valence-corrected chi connectivity index (χ2v) is 5.20. The summed E-state index contributed by atoms with van der Waals surface area (Å²) in [5.41, 5.74) is 7.62. The van der Waals surface area contributed by atoms with Gasteiger partial charge < -0.3 is 15.8 Å². The molecule has 3 N–H and O–H groups in total. The van der Waals surface area contributed by atoms with E-state index in [0.29, 0.717) is 36.3 Å². The van der Waals surface area contributed by atoms with Crippen LogP contribution in [-0.2, 0) is 4.74 Å². The van der Waals surface area contributed by atoms with Gasteiger partial charge in [0.1, 0.15) is 0 Å². The minimum Gasteiger partial charge on any atom is -0.376 e. The van der Waals surface area contributed by atoms with E-state index < -0.39 is 0 Å². The summed E-state index contributed by atoms with van der Waals surface area (Å²) in [6.07, 6.45) is 0. The molecule has 0 aliphatic rings. The number of nitrogens with two attached hydrogens (primary N) is 1. The van der Waals surface area contributed by atoms with Crippen LogP contribution in [0.15, 0.2) is 30.4 Å². The van der Waals surface area contributed by atoms with E-state index in [4.69, 9.17) is 33.7 Å². The summed E-state index contributed by atoms with van der Waals surface area (Å²) >= 11 is 12.3. The van der Waals surface area contributed by atoms with E-state index in [1.165, 1.54) is 0 Å². The number of nitrogens with one attached hydrogen (secondary N) is 1. The van der Waals surface area contributed by atoms with E-state index in [0.717, 1.165) is 11.1 Å². The van der Waals surface area contributed by atoms with E-state index in [2.05, 4.69) is 11.9 Å². The van der Waals surface area contributed by atoms with Crippen LogP contribution in [0.5, 0.6) is 0 Å². The van der Waals surface area contributed by atoms with Crippen molar-refractivity contribution in [3.63, 3.8) is 0 Å². The van der Waals surface area contributed by atoms with Crippen LogP contribution < -0.4 is 11.1 Å². The van der Waals surface area contributed by atoms with Crippen molar-refractivity contribution >= 4 is 23.2 Å². The molecule has 106 valence electrons. The Bertz CT molecular complexity index is 404. The predicted molar refractivity (Wildman–Crippen MR) is 81.9 cm³/mol. The van der Waals surface area contributed by atoms with Crippen molar-refractivity contribution in [2.75, 3.05) is 26.3 Å². The maximum absolute atomic E-state index is 6.16. The SMILES string of the molecule is C=C(C)COCCNC(CN)c1c(Cl)cccc1Cl. The zero-order chi connectivity index (χ0) is 14.3. The molecule has 0 heterocycles. The van der Waals surface area contributed by atoms with Crippen molar-refractivity contribution in [2.45, 2.75) is 13.0 Å². The molecule has 1 aromatic rings. The molecule has 0 amide bonds. The molecule has 1 rings (SSSR count). The van der Waals surface area contributed by atoms with Crippen molar-refractivity contribution in [1.82, 2.24) is 5.32 Å². The number of hydrogen-bond donors (Lipinski definition) is 2. The lowest BCUT2D eigenvalue weighted by Gasteiger charge is -2.20. The summed E-state index contributed by atoms with van der Waals surface area (Å²) in [5, 5.41) is 4.54. The lowest BCUT2D eigenvalue weighted by atomic mass is 10.1. The van der Waals surface area contributed by atoms with Gasteiger partial charge in [0.2, 0.25) is 0 Å². The summed E-state index contributed by atoms with van der Waals surface area (Å²) in [5.74, 6) is 0. The predicted octanol–water partition coefficient (Wildman–Crippen LogP) is 3.18. The van der Waals surface area contributed by atoms with Gasteiger partial charge in [-0.25, -0.2) is 0 Å². The lowest BCUT2D eigenvalue weighted by Crippen LogP contribution is -2.31. The second kappa shape index (κ2) is 8.56. The molecule has 1 unspecified atom stereocenters. The highest BCUT2D eigenvalue weighted by Crippen LogP contribution is 2.29. The van der Waals surface area contributed by atoms with E-state index >= 15 is 0 Å². The van der Waals surface area contributed by atoms with Gasteiger partial charge in [0, 0.05) is 34.7 Å². The van der Waals surface area contributed by atoms with Crippen LogP contribution in [0, 0.1) is 0 Å². The Labute approximate surface area is 124 Å². The minimum absolute atomic E-state index is 0.0744. The van der Waals surface area contributed by atoms with Crippen LogP contribution in [0.2, 0.25) is 10.0 Å². The third kappa shape index (κ3) is 5.51. The first-order chi connectivity index (χ1) is 9.06. The lowest BCUT2D eigenvalue weighted by molar-refractivity contribution is 0.155. The third-order valence-electron chi connectivity index (χ3n) is 2.57. The topological polar surface area (TPSA) is 47.3 Å². The van der Waals surface area contributed by atoms with Gasteiger partial charge in [-0.2, -0.15) is 0 Å². The van der Waals surface area contributed by atoms with Gasteiger partial charge in [-0.3, -0.25) is 0 Å². The average molecular weight is 303 g/mol. The molecule has 0 spiro atoms. The van der Waals surface area contributed by atoms with Gasteiger partial charge in [0.25, 0.3) is 0 Å². The number of halogens is 2. The fraction of sp³-hybridized carbons (Fsp3) is 0.429. The smallest absolute Gasteiger partial charge is 0.0672 e. The van der Waals surface area contributed by atoms with Gasteiger partial charge in [-0.15, -0.1) is 0 Å². The summed E-state index contributed by atoms with van der Waals surface area (Å²) in [6, 6.07) is 5.36. The Hall–Kier alpha value is -0.580. The summed E-state index contributed by atoms with van der Waals surface area (Å²) in [7, 11) is 0. The molecule has 0 aliphatic carbocycles. The fourth-order valence-electron chi connectivity index (χ4n) is 1.70.